The average molecular weight is 315 g/mol. The fourth-order valence-electron chi connectivity index (χ4n) is 3.37. The van der Waals surface area contributed by atoms with E-state index in [0.717, 1.165) is 0 Å². The van der Waals surface area contributed by atoms with E-state index in [1.165, 1.54) is 48.2 Å². The Hall–Kier alpha value is -1.32. The first-order chi connectivity index (χ1) is 10.8. The number of aliphatic hydroxyl groups is 1. The molecule has 0 saturated heterocycles. The van der Waals surface area contributed by atoms with Gasteiger partial charge in [-0.1, -0.05) is 49.6 Å². The molecule has 2 N–H and O–H groups in total. The van der Waals surface area contributed by atoms with Crippen LogP contribution in [0, 0.1) is 0 Å². The van der Waals surface area contributed by atoms with Gasteiger partial charge in [0, 0.05) is 13.0 Å². The van der Waals surface area contributed by atoms with Crippen LogP contribution in [0.1, 0.15) is 49.1 Å². The Morgan fingerprint density at radius 1 is 1.09 bits per heavy atom. The molecule has 1 heterocycles. The third kappa shape index (κ3) is 4.11. The van der Waals surface area contributed by atoms with Crippen LogP contribution in [-0.2, 0) is 6.42 Å². The molecule has 2 nitrogen and oxygen atoms in total. The molecule has 1 atom stereocenters. The zero-order chi connectivity index (χ0) is 15.2. The highest BCUT2D eigenvalue weighted by molar-refractivity contribution is 7.14. The molecule has 22 heavy (non-hydrogen) atoms. The van der Waals surface area contributed by atoms with E-state index in [0.29, 0.717) is 18.9 Å². The van der Waals surface area contributed by atoms with E-state index in [-0.39, 0.29) is 6.10 Å². The standard InChI is InChI=1S/C19H25NOS/c21-17(13-15-7-3-1-4-8-15)14-20-19-18(11-12-22-19)16-9-5-2-6-10-16/h1,3-4,7-8,11-12,16-17,20-21H,2,5-6,9-10,13-14H2. The average Bonchev–Trinajstić information content (AvgIpc) is 3.03. The third-order valence-electron chi connectivity index (χ3n) is 4.55. The van der Waals surface area contributed by atoms with Crippen LogP contribution in [0.25, 0.3) is 0 Å². The predicted molar refractivity (Wildman–Crippen MR) is 94.8 cm³/mol. The van der Waals surface area contributed by atoms with Crippen LogP contribution >= 0.6 is 11.3 Å². The first kappa shape index (κ1) is 15.6. The first-order valence-corrected chi connectivity index (χ1v) is 9.24. The summed E-state index contributed by atoms with van der Waals surface area (Å²) in [4.78, 5) is 0. The van der Waals surface area contributed by atoms with Crippen LogP contribution in [0.15, 0.2) is 41.8 Å². The number of hydrogen-bond acceptors (Lipinski definition) is 3. The van der Waals surface area contributed by atoms with Crippen molar-refractivity contribution in [2.24, 2.45) is 0 Å². The lowest BCUT2D eigenvalue weighted by atomic mass is 9.85. The van der Waals surface area contributed by atoms with E-state index in [4.69, 9.17) is 0 Å². The minimum absolute atomic E-state index is 0.344. The van der Waals surface area contributed by atoms with Gasteiger partial charge in [0.25, 0.3) is 0 Å². The van der Waals surface area contributed by atoms with Gasteiger partial charge in [0.05, 0.1) is 11.1 Å². The largest absolute Gasteiger partial charge is 0.391 e. The van der Waals surface area contributed by atoms with Crippen molar-refractivity contribution in [3.63, 3.8) is 0 Å². The van der Waals surface area contributed by atoms with Crippen molar-refractivity contribution in [2.75, 3.05) is 11.9 Å². The maximum absolute atomic E-state index is 10.2. The number of thiophene rings is 1. The van der Waals surface area contributed by atoms with Gasteiger partial charge in [-0.05, 0) is 41.3 Å². The number of nitrogens with one attached hydrogen (secondary N) is 1. The summed E-state index contributed by atoms with van der Waals surface area (Å²) in [7, 11) is 0. The zero-order valence-electron chi connectivity index (χ0n) is 13.0. The SMILES string of the molecule is OC(CNc1sccc1C1CCCCC1)Cc1ccccc1. The Bertz CT molecular complexity index is 560. The molecular formula is C19H25NOS. The quantitative estimate of drug-likeness (QED) is 0.801. The van der Waals surface area contributed by atoms with Crippen molar-refractivity contribution in [3.8, 4) is 0 Å². The molecule has 2 aromatic rings. The molecule has 1 aliphatic carbocycles. The highest BCUT2D eigenvalue weighted by Crippen LogP contribution is 2.38. The summed E-state index contributed by atoms with van der Waals surface area (Å²) in [5, 5.41) is 17.2. The molecule has 118 valence electrons. The summed E-state index contributed by atoms with van der Waals surface area (Å²) < 4.78 is 0. The summed E-state index contributed by atoms with van der Waals surface area (Å²) in [6, 6.07) is 12.5. The molecule has 0 bridgehead atoms. The second-order valence-corrected chi connectivity index (χ2v) is 7.18. The van der Waals surface area contributed by atoms with E-state index in [2.05, 4.69) is 28.9 Å². The van der Waals surface area contributed by atoms with Gasteiger partial charge in [-0.2, -0.15) is 0 Å². The van der Waals surface area contributed by atoms with Crippen molar-refractivity contribution in [1.82, 2.24) is 0 Å². The maximum Gasteiger partial charge on any atom is 0.0918 e. The van der Waals surface area contributed by atoms with E-state index in [9.17, 15) is 5.11 Å². The highest BCUT2D eigenvalue weighted by atomic mass is 32.1. The predicted octanol–water partition coefficient (Wildman–Crippen LogP) is 4.81. The molecular weight excluding hydrogens is 290 g/mol. The smallest absolute Gasteiger partial charge is 0.0918 e. The van der Waals surface area contributed by atoms with Gasteiger partial charge in [-0.25, -0.2) is 0 Å². The number of aliphatic hydroxyl groups excluding tert-OH is 1. The van der Waals surface area contributed by atoms with Crippen LogP contribution in [0.5, 0.6) is 0 Å². The van der Waals surface area contributed by atoms with Gasteiger partial charge in [0.2, 0.25) is 0 Å². The molecule has 1 aromatic heterocycles. The molecule has 1 fully saturated rings. The topological polar surface area (TPSA) is 32.3 Å². The molecule has 1 saturated carbocycles. The second-order valence-electron chi connectivity index (χ2n) is 6.26. The Morgan fingerprint density at radius 2 is 1.86 bits per heavy atom. The van der Waals surface area contributed by atoms with Crippen molar-refractivity contribution in [2.45, 2.75) is 50.5 Å². The second kappa shape index (κ2) is 7.80. The van der Waals surface area contributed by atoms with Gasteiger partial charge in [-0.3, -0.25) is 0 Å². The molecule has 0 aliphatic heterocycles. The minimum atomic E-state index is -0.344. The molecule has 3 rings (SSSR count). The van der Waals surface area contributed by atoms with Crippen LogP contribution in [0.3, 0.4) is 0 Å². The Morgan fingerprint density at radius 3 is 2.64 bits per heavy atom. The van der Waals surface area contributed by atoms with E-state index < -0.39 is 0 Å². The van der Waals surface area contributed by atoms with E-state index in [1.54, 1.807) is 11.3 Å². The fraction of sp³-hybridized carbons (Fsp3) is 0.474. The lowest BCUT2D eigenvalue weighted by molar-refractivity contribution is 0.188. The molecule has 3 heteroatoms. The normalized spacial score (nSPS) is 17.3. The van der Waals surface area contributed by atoms with Crippen LogP contribution in [0.4, 0.5) is 5.00 Å². The van der Waals surface area contributed by atoms with Crippen LogP contribution in [-0.4, -0.2) is 17.8 Å². The molecule has 0 radical (unpaired) electrons. The van der Waals surface area contributed by atoms with Crippen LogP contribution < -0.4 is 5.32 Å². The molecule has 1 aliphatic rings. The van der Waals surface area contributed by atoms with Crippen molar-refractivity contribution in [1.29, 1.82) is 0 Å². The molecule has 1 aromatic carbocycles. The van der Waals surface area contributed by atoms with E-state index >= 15 is 0 Å². The lowest BCUT2D eigenvalue weighted by Crippen LogP contribution is -2.22. The van der Waals surface area contributed by atoms with E-state index in [1.807, 2.05) is 18.2 Å². The summed E-state index contributed by atoms with van der Waals surface area (Å²) in [5.41, 5.74) is 2.66. The number of anilines is 1. The number of benzene rings is 1. The minimum Gasteiger partial charge on any atom is -0.391 e. The summed E-state index contributed by atoms with van der Waals surface area (Å²) in [5.74, 6) is 0.716. The Balaban J connectivity index is 1.54. The first-order valence-electron chi connectivity index (χ1n) is 8.36. The third-order valence-corrected chi connectivity index (χ3v) is 5.44. The Labute approximate surface area is 137 Å². The zero-order valence-corrected chi connectivity index (χ0v) is 13.8. The van der Waals surface area contributed by atoms with Crippen LogP contribution in [0.2, 0.25) is 0 Å². The maximum atomic E-state index is 10.2. The van der Waals surface area contributed by atoms with Crippen molar-refractivity contribution in [3.05, 3.63) is 52.9 Å². The summed E-state index contributed by atoms with van der Waals surface area (Å²) in [6.45, 7) is 0.620. The number of hydrogen-bond donors (Lipinski definition) is 2. The van der Waals surface area contributed by atoms with Crippen molar-refractivity contribution >= 4 is 16.3 Å². The number of rotatable bonds is 6. The fourth-order valence-corrected chi connectivity index (χ4v) is 4.25. The van der Waals surface area contributed by atoms with Gasteiger partial charge < -0.3 is 10.4 Å². The molecule has 0 spiro atoms. The molecule has 0 amide bonds. The van der Waals surface area contributed by atoms with Gasteiger partial charge >= 0.3 is 0 Å². The summed E-state index contributed by atoms with van der Waals surface area (Å²) in [6.07, 6.45) is 7.10. The monoisotopic (exact) mass is 315 g/mol. The lowest BCUT2D eigenvalue weighted by Gasteiger charge is -2.23. The van der Waals surface area contributed by atoms with Crippen molar-refractivity contribution < 1.29 is 5.11 Å². The molecule has 1 unspecified atom stereocenters. The van der Waals surface area contributed by atoms with Gasteiger partial charge in [-0.15, -0.1) is 11.3 Å². The highest BCUT2D eigenvalue weighted by Gasteiger charge is 2.19. The van der Waals surface area contributed by atoms with Gasteiger partial charge in [0.15, 0.2) is 0 Å². The Kier molecular flexibility index (Phi) is 5.52. The van der Waals surface area contributed by atoms with Gasteiger partial charge in [0.1, 0.15) is 0 Å². The summed E-state index contributed by atoms with van der Waals surface area (Å²) >= 11 is 1.77.